The van der Waals surface area contributed by atoms with Gasteiger partial charge in [-0.15, -0.1) is 0 Å². The van der Waals surface area contributed by atoms with Crippen molar-refractivity contribution in [2.75, 3.05) is 0 Å². The highest BCUT2D eigenvalue weighted by atomic mass is 16.4. The van der Waals surface area contributed by atoms with E-state index in [1.54, 1.807) is 0 Å². The van der Waals surface area contributed by atoms with Crippen LogP contribution in [0.1, 0.15) is 84.7 Å². The van der Waals surface area contributed by atoms with Crippen molar-refractivity contribution >= 4 is 45.1 Å². The molecule has 3 aromatic carbocycles. The summed E-state index contributed by atoms with van der Waals surface area (Å²) in [5, 5.41) is 17.6. The zero-order chi connectivity index (χ0) is 27.8. The summed E-state index contributed by atoms with van der Waals surface area (Å²) in [7, 11) is 0. The molecule has 0 aliphatic carbocycles. The number of ketones is 2. The predicted octanol–water partition coefficient (Wildman–Crippen LogP) is 7.62. The quantitative estimate of drug-likeness (QED) is 0.130. The minimum absolute atomic E-state index is 0.00140. The fraction of sp³-hybridized carbons (Fsp3) is 0.312. The first-order chi connectivity index (χ1) is 18.2. The molecule has 0 saturated heterocycles. The number of hydrogen-bond acceptors (Lipinski definition) is 4. The molecule has 0 aliphatic rings. The molecule has 6 heteroatoms. The number of rotatable bonds is 10. The molecule has 4 aromatic rings. The van der Waals surface area contributed by atoms with Crippen LogP contribution in [0, 0.1) is 12.3 Å². The Bertz CT molecular complexity index is 1490. The van der Waals surface area contributed by atoms with Gasteiger partial charge < -0.3 is 15.1 Å². The van der Waals surface area contributed by atoms with Gasteiger partial charge in [0.1, 0.15) is 0 Å². The Labute approximate surface area is 223 Å². The van der Waals surface area contributed by atoms with Crippen LogP contribution in [0.4, 0.5) is 0 Å². The van der Waals surface area contributed by atoms with Crippen molar-refractivity contribution in [3.63, 3.8) is 0 Å². The summed E-state index contributed by atoms with van der Waals surface area (Å²) in [6.07, 6.45) is 4.71. The normalized spacial score (nSPS) is 10.7. The highest BCUT2D eigenvalue weighted by molar-refractivity contribution is 6.45. The first kappa shape index (κ1) is 28.5. The smallest absolute Gasteiger partial charge is 0.300 e. The number of aliphatic carboxylic acids is 1. The maximum atomic E-state index is 13.2. The molecule has 198 valence electrons. The standard InChI is InChI=1S/C30H32N2O2.C2H4O2/c1-4-6-7-8-13-26(31)30(34)22-15-17-28-25(19-22)24-18-21(14-16-27(24)32(28)5-2)29(33)23-12-10-9-11-20(23)3;1-2(3)4/h9-12,14-19,31H,4-8,13H2,1-3H3;1H3,(H,3,4). The molecule has 0 unspecified atom stereocenters. The van der Waals surface area contributed by atoms with Crippen molar-refractivity contribution in [2.45, 2.75) is 66.3 Å². The van der Waals surface area contributed by atoms with Crippen LogP contribution >= 0.6 is 0 Å². The average molecular weight is 513 g/mol. The van der Waals surface area contributed by atoms with E-state index in [-0.39, 0.29) is 17.3 Å². The van der Waals surface area contributed by atoms with Gasteiger partial charge in [0.2, 0.25) is 5.78 Å². The monoisotopic (exact) mass is 512 g/mol. The Balaban J connectivity index is 0.000000934. The molecule has 0 aliphatic heterocycles. The maximum absolute atomic E-state index is 13.2. The van der Waals surface area contributed by atoms with Crippen molar-refractivity contribution in [1.29, 1.82) is 5.41 Å². The van der Waals surface area contributed by atoms with Crippen molar-refractivity contribution in [3.8, 4) is 0 Å². The molecular formula is C32H36N2O4. The second-order valence-electron chi connectivity index (χ2n) is 9.49. The summed E-state index contributed by atoms with van der Waals surface area (Å²) in [5.74, 6) is -1.04. The summed E-state index contributed by atoms with van der Waals surface area (Å²) in [6, 6.07) is 19.2. The topological polar surface area (TPSA) is 100 Å². The van der Waals surface area contributed by atoms with Crippen molar-refractivity contribution in [1.82, 2.24) is 4.57 Å². The largest absolute Gasteiger partial charge is 0.481 e. The zero-order valence-corrected chi connectivity index (χ0v) is 22.6. The van der Waals surface area contributed by atoms with Gasteiger partial charge in [-0.3, -0.25) is 14.4 Å². The molecule has 4 rings (SSSR count). The second-order valence-corrected chi connectivity index (χ2v) is 9.49. The van der Waals surface area contributed by atoms with Gasteiger partial charge in [0, 0.05) is 52.0 Å². The van der Waals surface area contributed by atoms with Crippen molar-refractivity contribution < 1.29 is 19.5 Å². The highest BCUT2D eigenvalue weighted by Crippen LogP contribution is 2.31. The van der Waals surface area contributed by atoms with E-state index in [0.717, 1.165) is 66.5 Å². The molecule has 2 N–H and O–H groups in total. The van der Waals surface area contributed by atoms with Crippen LogP contribution in [-0.2, 0) is 11.3 Å². The fourth-order valence-electron chi connectivity index (χ4n) is 4.73. The number of fused-ring (bicyclic) bond motifs is 3. The van der Waals surface area contributed by atoms with E-state index in [0.29, 0.717) is 23.1 Å². The third kappa shape index (κ3) is 6.43. The van der Waals surface area contributed by atoms with Crippen molar-refractivity contribution in [3.05, 3.63) is 82.9 Å². The lowest BCUT2D eigenvalue weighted by molar-refractivity contribution is -0.134. The number of aryl methyl sites for hydroxylation is 2. The number of unbranched alkanes of at least 4 members (excludes halogenated alkanes) is 3. The molecule has 0 spiro atoms. The third-order valence-electron chi connectivity index (χ3n) is 6.65. The number of aromatic nitrogens is 1. The van der Waals surface area contributed by atoms with E-state index in [4.69, 9.17) is 15.3 Å². The lowest BCUT2D eigenvalue weighted by atomic mass is 9.97. The lowest BCUT2D eigenvalue weighted by Gasteiger charge is -2.06. The van der Waals surface area contributed by atoms with Gasteiger partial charge in [-0.05, 0) is 68.7 Å². The SMILES string of the molecule is CC(=O)O.CCCCCCC(=N)C(=O)c1ccc2c(c1)c1cc(C(=O)c3ccccc3C)ccc1n2CC. The van der Waals surface area contributed by atoms with Gasteiger partial charge in [0.25, 0.3) is 5.97 Å². The third-order valence-corrected chi connectivity index (χ3v) is 6.65. The number of carbonyl (C=O) groups is 3. The van der Waals surface area contributed by atoms with Gasteiger partial charge in [0.05, 0.1) is 5.71 Å². The number of benzene rings is 3. The Kier molecular flexibility index (Phi) is 9.72. The summed E-state index contributed by atoms with van der Waals surface area (Å²) in [5.41, 5.74) is 5.07. The molecular weight excluding hydrogens is 476 g/mol. The summed E-state index contributed by atoms with van der Waals surface area (Å²) >= 11 is 0. The van der Waals surface area contributed by atoms with Gasteiger partial charge in [-0.2, -0.15) is 0 Å². The Morgan fingerprint density at radius 1 is 0.842 bits per heavy atom. The Morgan fingerprint density at radius 3 is 2.00 bits per heavy atom. The molecule has 6 nitrogen and oxygen atoms in total. The van der Waals surface area contributed by atoms with Gasteiger partial charge in [-0.25, -0.2) is 0 Å². The number of hydrogen-bond donors (Lipinski definition) is 2. The number of nitrogens with zero attached hydrogens (tertiary/aromatic N) is 1. The molecule has 0 saturated carbocycles. The highest BCUT2D eigenvalue weighted by Gasteiger charge is 2.18. The summed E-state index contributed by atoms with van der Waals surface area (Å²) in [6.45, 7) is 8.06. The van der Waals surface area contributed by atoms with Gasteiger partial charge in [0.15, 0.2) is 5.78 Å². The van der Waals surface area contributed by atoms with Crippen LogP contribution in [0.5, 0.6) is 0 Å². The number of nitrogens with one attached hydrogen (secondary N) is 1. The van der Waals surface area contributed by atoms with Crippen LogP contribution in [-0.4, -0.2) is 32.9 Å². The lowest BCUT2D eigenvalue weighted by Crippen LogP contribution is -2.13. The molecule has 0 amide bonds. The number of carbonyl (C=O) groups excluding carboxylic acids is 2. The second kappa shape index (κ2) is 13.0. The predicted molar refractivity (Wildman–Crippen MR) is 154 cm³/mol. The summed E-state index contributed by atoms with van der Waals surface area (Å²) < 4.78 is 2.21. The van der Waals surface area contributed by atoms with Crippen LogP contribution < -0.4 is 0 Å². The Morgan fingerprint density at radius 2 is 1.42 bits per heavy atom. The molecule has 0 fully saturated rings. The number of carboxylic acid groups (broad SMARTS) is 1. The Hall–Kier alpha value is -4.06. The van der Waals surface area contributed by atoms with E-state index in [2.05, 4.69) is 18.4 Å². The molecule has 0 bridgehead atoms. The zero-order valence-electron chi connectivity index (χ0n) is 22.6. The van der Waals surface area contributed by atoms with Crippen LogP contribution in [0.2, 0.25) is 0 Å². The number of carboxylic acids is 1. The molecule has 0 atom stereocenters. The average Bonchev–Trinajstić information content (AvgIpc) is 3.22. The first-order valence-corrected chi connectivity index (χ1v) is 13.2. The van der Waals surface area contributed by atoms with Crippen LogP contribution in [0.3, 0.4) is 0 Å². The van der Waals surface area contributed by atoms with Crippen LogP contribution in [0.15, 0.2) is 60.7 Å². The van der Waals surface area contributed by atoms with E-state index in [9.17, 15) is 9.59 Å². The minimum atomic E-state index is -0.833. The van der Waals surface area contributed by atoms with E-state index in [1.807, 2.05) is 67.6 Å². The minimum Gasteiger partial charge on any atom is -0.481 e. The maximum Gasteiger partial charge on any atom is 0.300 e. The molecule has 38 heavy (non-hydrogen) atoms. The molecule has 1 aromatic heterocycles. The van der Waals surface area contributed by atoms with E-state index >= 15 is 0 Å². The molecule has 0 radical (unpaired) electrons. The fourth-order valence-corrected chi connectivity index (χ4v) is 4.73. The first-order valence-electron chi connectivity index (χ1n) is 13.2. The van der Waals surface area contributed by atoms with E-state index in [1.165, 1.54) is 0 Å². The van der Waals surface area contributed by atoms with E-state index < -0.39 is 5.97 Å². The van der Waals surface area contributed by atoms with Gasteiger partial charge >= 0.3 is 0 Å². The van der Waals surface area contributed by atoms with Crippen molar-refractivity contribution in [2.24, 2.45) is 0 Å². The number of Topliss-reactive ketones (excluding diaryl/α,β-unsaturated/α-hetero) is 1. The summed E-state index contributed by atoms with van der Waals surface area (Å²) in [4.78, 5) is 35.2. The van der Waals surface area contributed by atoms with Crippen LogP contribution in [0.25, 0.3) is 21.8 Å². The van der Waals surface area contributed by atoms with Gasteiger partial charge in [-0.1, -0.05) is 50.5 Å². The molecule has 1 heterocycles.